The Kier molecular flexibility index (Phi) is 5.12. The molecule has 130 valence electrons. The molecular weight excluding hydrogens is 314 g/mol. The molecule has 2 atom stereocenters. The summed E-state index contributed by atoms with van der Waals surface area (Å²) in [6.45, 7) is 4.46. The Morgan fingerprint density at radius 1 is 1.24 bits per heavy atom. The molecule has 0 spiro atoms. The summed E-state index contributed by atoms with van der Waals surface area (Å²) in [7, 11) is 0. The van der Waals surface area contributed by atoms with Gasteiger partial charge in [-0.25, -0.2) is 0 Å². The van der Waals surface area contributed by atoms with Crippen molar-refractivity contribution in [2.45, 2.75) is 32.7 Å². The van der Waals surface area contributed by atoms with Gasteiger partial charge in [0.25, 0.3) is 0 Å². The van der Waals surface area contributed by atoms with Crippen LogP contribution in [0.25, 0.3) is 0 Å². The Bertz CT molecular complexity index is 743. The number of rotatable bonds is 5. The van der Waals surface area contributed by atoms with Crippen LogP contribution >= 0.6 is 0 Å². The second-order valence-electron chi connectivity index (χ2n) is 6.44. The zero-order valence-corrected chi connectivity index (χ0v) is 14.6. The largest absolute Gasteiger partial charge is 0.349 e. The van der Waals surface area contributed by atoms with Crippen LogP contribution in [-0.4, -0.2) is 23.3 Å². The summed E-state index contributed by atoms with van der Waals surface area (Å²) in [4.78, 5) is 30.6. The predicted octanol–water partition coefficient (Wildman–Crippen LogP) is 2.87. The van der Waals surface area contributed by atoms with Gasteiger partial charge in [-0.1, -0.05) is 19.1 Å². The molecular formula is C20H23N3O2. The Labute approximate surface area is 148 Å². The van der Waals surface area contributed by atoms with Gasteiger partial charge >= 0.3 is 0 Å². The van der Waals surface area contributed by atoms with Crippen molar-refractivity contribution >= 4 is 17.5 Å². The molecule has 25 heavy (non-hydrogen) atoms. The smallest absolute Gasteiger partial charge is 0.227 e. The van der Waals surface area contributed by atoms with Crippen LogP contribution in [0.1, 0.15) is 37.4 Å². The molecule has 1 N–H and O–H groups in total. The van der Waals surface area contributed by atoms with Gasteiger partial charge in [0, 0.05) is 31.0 Å². The fraction of sp³-hybridized carbons (Fsp3) is 0.350. The van der Waals surface area contributed by atoms with Gasteiger partial charge in [-0.2, -0.15) is 0 Å². The van der Waals surface area contributed by atoms with Gasteiger partial charge in [0.05, 0.1) is 12.0 Å². The fourth-order valence-electron chi connectivity index (χ4n) is 3.11. The number of pyridine rings is 1. The summed E-state index contributed by atoms with van der Waals surface area (Å²) in [5, 5.41) is 3.00. The molecule has 1 aromatic heterocycles. The first kappa shape index (κ1) is 17.1. The van der Waals surface area contributed by atoms with E-state index in [1.807, 2.05) is 43.3 Å². The first-order chi connectivity index (χ1) is 12.1. The van der Waals surface area contributed by atoms with Gasteiger partial charge in [-0.05, 0) is 48.7 Å². The highest BCUT2D eigenvalue weighted by atomic mass is 16.2. The van der Waals surface area contributed by atoms with Gasteiger partial charge in [0.1, 0.15) is 0 Å². The molecule has 0 saturated carbocycles. The monoisotopic (exact) mass is 337 g/mol. The number of carbonyl (C=O) groups excluding carboxylic acids is 2. The lowest BCUT2D eigenvalue weighted by atomic mass is 10.1. The molecule has 0 bridgehead atoms. The molecule has 2 aromatic rings. The maximum Gasteiger partial charge on any atom is 0.227 e. The Hall–Kier alpha value is -2.69. The number of benzene rings is 1. The summed E-state index contributed by atoms with van der Waals surface area (Å²) in [6.07, 6.45) is 4.63. The maximum atomic E-state index is 12.5. The van der Waals surface area contributed by atoms with Gasteiger partial charge < -0.3 is 10.2 Å². The first-order valence-corrected chi connectivity index (χ1v) is 8.68. The van der Waals surface area contributed by atoms with Crippen molar-refractivity contribution in [1.82, 2.24) is 10.3 Å². The minimum absolute atomic E-state index is 0.000891. The third-order valence-electron chi connectivity index (χ3n) is 4.72. The van der Waals surface area contributed by atoms with Gasteiger partial charge in [-0.3, -0.25) is 14.6 Å². The number of nitrogens with one attached hydrogen (secondary N) is 1. The van der Waals surface area contributed by atoms with Crippen molar-refractivity contribution < 1.29 is 9.59 Å². The van der Waals surface area contributed by atoms with Gasteiger partial charge in [0.15, 0.2) is 0 Å². The number of aryl methyl sites for hydroxylation is 1. The molecule has 0 aliphatic carbocycles. The highest BCUT2D eigenvalue weighted by molar-refractivity contribution is 6.00. The van der Waals surface area contributed by atoms with Crippen LogP contribution in [0.2, 0.25) is 0 Å². The average molecular weight is 337 g/mol. The molecule has 1 aliphatic heterocycles. The highest BCUT2D eigenvalue weighted by Gasteiger charge is 2.35. The molecule has 5 nitrogen and oxygen atoms in total. The Morgan fingerprint density at radius 3 is 2.56 bits per heavy atom. The normalized spacial score (nSPS) is 18.2. The summed E-state index contributed by atoms with van der Waals surface area (Å²) >= 11 is 0. The van der Waals surface area contributed by atoms with Crippen LogP contribution in [0.5, 0.6) is 0 Å². The molecule has 1 saturated heterocycles. The molecule has 1 aromatic carbocycles. The quantitative estimate of drug-likeness (QED) is 0.912. The number of carbonyl (C=O) groups is 2. The van der Waals surface area contributed by atoms with E-state index in [0.717, 1.165) is 17.7 Å². The number of aromatic nitrogens is 1. The standard InChI is InChI=1S/C20H23N3O2/c1-3-15-4-6-18(7-5-15)23-13-17(12-19(23)24)20(25)22-14(2)16-8-10-21-11-9-16/h4-11,14,17H,3,12-13H2,1-2H3,(H,22,25). The number of anilines is 1. The van der Waals surface area contributed by atoms with E-state index in [1.54, 1.807) is 17.3 Å². The average Bonchev–Trinajstić information content (AvgIpc) is 3.04. The third-order valence-corrected chi connectivity index (χ3v) is 4.72. The van der Waals surface area contributed by atoms with Crippen molar-refractivity contribution in [2.24, 2.45) is 5.92 Å². The van der Waals surface area contributed by atoms with Crippen molar-refractivity contribution in [2.75, 3.05) is 11.4 Å². The summed E-state index contributed by atoms with van der Waals surface area (Å²) in [6, 6.07) is 11.6. The van der Waals surface area contributed by atoms with Crippen LogP contribution in [0.3, 0.4) is 0 Å². The van der Waals surface area contributed by atoms with Crippen molar-refractivity contribution in [1.29, 1.82) is 0 Å². The second-order valence-corrected chi connectivity index (χ2v) is 6.44. The summed E-state index contributed by atoms with van der Waals surface area (Å²) < 4.78 is 0. The second kappa shape index (κ2) is 7.47. The molecule has 2 heterocycles. The zero-order valence-electron chi connectivity index (χ0n) is 14.6. The molecule has 2 amide bonds. The minimum atomic E-state index is -0.317. The van der Waals surface area contributed by atoms with E-state index in [1.165, 1.54) is 5.56 Å². The lowest BCUT2D eigenvalue weighted by Gasteiger charge is -2.19. The fourth-order valence-corrected chi connectivity index (χ4v) is 3.11. The van der Waals surface area contributed by atoms with E-state index in [-0.39, 0.29) is 30.2 Å². The maximum absolute atomic E-state index is 12.5. The zero-order chi connectivity index (χ0) is 17.8. The van der Waals surface area contributed by atoms with Crippen LogP contribution < -0.4 is 10.2 Å². The van der Waals surface area contributed by atoms with E-state index in [4.69, 9.17) is 0 Å². The van der Waals surface area contributed by atoms with Crippen molar-refractivity contribution in [3.63, 3.8) is 0 Å². The molecule has 1 fully saturated rings. The summed E-state index contributed by atoms with van der Waals surface area (Å²) in [5.74, 6) is -0.394. The number of amides is 2. The lowest BCUT2D eigenvalue weighted by Crippen LogP contribution is -2.34. The van der Waals surface area contributed by atoms with E-state index < -0.39 is 0 Å². The summed E-state index contributed by atoms with van der Waals surface area (Å²) in [5.41, 5.74) is 3.09. The van der Waals surface area contributed by atoms with Gasteiger partial charge in [0.2, 0.25) is 11.8 Å². The Balaban J connectivity index is 1.64. The Morgan fingerprint density at radius 2 is 1.92 bits per heavy atom. The third kappa shape index (κ3) is 3.87. The molecule has 5 heteroatoms. The predicted molar refractivity (Wildman–Crippen MR) is 97.1 cm³/mol. The molecule has 0 radical (unpaired) electrons. The van der Waals surface area contributed by atoms with E-state index in [9.17, 15) is 9.59 Å². The van der Waals surface area contributed by atoms with E-state index >= 15 is 0 Å². The van der Waals surface area contributed by atoms with Crippen LogP contribution in [0.4, 0.5) is 5.69 Å². The van der Waals surface area contributed by atoms with Crippen LogP contribution in [0.15, 0.2) is 48.8 Å². The van der Waals surface area contributed by atoms with Crippen LogP contribution in [-0.2, 0) is 16.0 Å². The molecule has 2 unspecified atom stereocenters. The van der Waals surface area contributed by atoms with Gasteiger partial charge in [-0.15, -0.1) is 0 Å². The minimum Gasteiger partial charge on any atom is -0.349 e. The molecule has 3 rings (SSSR count). The van der Waals surface area contributed by atoms with Crippen molar-refractivity contribution in [3.05, 3.63) is 59.9 Å². The van der Waals surface area contributed by atoms with Crippen molar-refractivity contribution in [3.8, 4) is 0 Å². The highest BCUT2D eigenvalue weighted by Crippen LogP contribution is 2.26. The topological polar surface area (TPSA) is 62.3 Å². The first-order valence-electron chi connectivity index (χ1n) is 8.68. The van der Waals surface area contributed by atoms with Crippen LogP contribution in [0, 0.1) is 5.92 Å². The number of hydrogen-bond acceptors (Lipinski definition) is 3. The lowest BCUT2D eigenvalue weighted by molar-refractivity contribution is -0.126. The van der Waals surface area contributed by atoms with E-state index in [2.05, 4.69) is 17.2 Å². The number of hydrogen-bond donors (Lipinski definition) is 1. The number of nitrogens with zero attached hydrogens (tertiary/aromatic N) is 2. The SMILES string of the molecule is CCc1ccc(N2CC(C(=O)NC(C)c3ccncc3)CC2=O)cc1. The molecule has 1 aliphatic rings. The van der Waals surface area contributed by atoms with E-state index in [0.29, 0.717) is 6.54 Å².